The molecule has 1 saturated carbocycles. The molecule has 2 aliphatic rings. The Morgan fingerprint density at radius 2 is 1.83 bits per heavy atom. The number of rotatable bonds is 2. The Morgan fingerprint density at radius 1 is 1.11 bits per heavy atom. The van der Waals surface area contributed by atoms with E-state index in [9.17, 15) is 5.11 Å². The number of hydrogen-bond donors (Lipinski definition) is 1. The Hall–Kier alpha value is -1.00. The van der Waals surface area contributed by atoms with Crippen molar-refractivity contribution in [1.82, 2.24) is 0 Å². The minimum absolute atomic E-state index is 0.0469. The number of fused-ring (bicyclic) bond motifs is 2. The average molecular weight is 260 g/mol. The molecule has 0 amide bonds. The number of aliphatic hydroxyl groups is 1. The zero-order chi connectivity index (χ0) is 12.8. The molecule has 1 N–H and O–H groups in total. The van der Waals surface area contributed by atoms with E-state index in [-0.39, 0.29) is 12.1 Å². The Balaban J connectivity index is 1.95. The maximum atomic E-state index is 10.1. The maximum Gasteiger partial charge on any atom is 0.0995 e. The van der Waals surface area contributed by atoms with Gasteiger partial charge in [0.05, 0.1) is 26.3 Å². The van der Waals surface area contributed by atoms with Crippen LogP contribution in [0.15, 0.2) is 40.6 Å². The lowest BCUT2D eigenvalue weighted by Crippen LogP contribution is -2.55. The third-order valence-corrected chi connectivity index (χ3v) is 8.85. The standard InChI is InChI=1S/C14H20N2OSi/c1-18(2,10-6-4-3-5-7-10)14-11-8-9-12(17)13(14)16-15-11/h3-7,11-14,17H,8-9H2,1-2H3/t11-,12+,13+,14+/m1/s1. The van der Waals surface area contributed by atoms with Crippen molar-refractivity contribution in [2.45, 2.75) is 49.7 Å². The number of hydrogen-bond acceptors (Lipinski definition) is 3. The van der Waals surface area contributed by atoms with Gasteiger partial charge in [-0.1, -0.05) is 48.6 Å². The smallest absolute Gasteiger partial charge is 0.0995 e. The molecule has 18 heavy (non-hydrogen) atoms. The minimum atomic E-state index is -1.63. The van der Waals surface area contributed by atoms with Gasteiger partial charge in [-0.15, -0.1) is 0 Å². The van der Waals surface area contributed by atoms with Crippen LogP contribution in [0.5, 0.6) is 0 Å². The van der Waals surface area contributed by atoms with Gasteiger partial charge in [0, 0.05) is 5.54 Å². The fraction of sp³-hybridized carbons (Fsp3) is 0.571. The number of nitrogens with zero attached hydrogens (tertiary/aromatic N) is 2. The molecule has 96 valence electrons. The van der Waals surface area contributed by atoms with E-state index in [0.29, 0.717) is 11.6 Å². The van der Waals surface area contributed by atoms with Crippen LogP contribution in [0.3, 0.4) is 0 Å². The Bertz CT molecular complexity index is 460. The van der Waals surface area contributed by atoms with Crippen molar-refractivity contribution in [2.24, 2.45) is 10.2 Å². The molecule has 1 aromatic carbocycles. The third-order valence-electron chi connectivity index (χ3n) is 4.63. The lowest BCUT2D eigenvalue weighted by atomic mass is 9.90. The van der Waals surface area contributed by atoms with E-state index in [4.69, 9.17) is 0 Å². The first-order valence-electron chi connectivity index (χ1n) is 6.74. The quantitative estimate of drug-likeness (QED) is 0.815. The van der Waals surface area contributed by atoms with Gasteiger partial charge in [0.1, 0.15) is 0 Å². The van der Waals surface area contributed by atoms with Gasteiger partial charge < -0.3 is 5.11 Å². The molecule has 0 radical (unpaired) electrons. The number of aliphatic hydroxyl groups excluding tert-OH is 1. The van der Waals surface area contributed by atoms with Gasteiger partial charge >= 0.3 is 0 Å². The molecule has 2 bridgehead atoms. The van der Waals surface area contributed by atoms with Crippen molar-refractivity contribution in [3.8, 4) is 0 Å². The summed E-state index contributed by atoms with van der Waals surface area (Å²) in [5.41, 5.74) is 0.462. The summed E-state index contributed by atoms with van der Waals surface area (Å²) in [7, 11) is -1.63. The van der Waals surface area contributed by atoms with Crippen molar-refractivity contribution in [3.63, 3.8) is 0 Å². The molecule has 0 aromatic heterocycles. The molecule has 0 spiro atoms. The molecule has 1 aliphatic heterocycles. The molecular formula is C14H20N2OSi. The van der Waals surface area contributed by atoms with Gasteiger partial charge in [0.2, 0.25) is 0 Å². The molecule has 3 nitrogen and oxygen atoms in total. The number of benzene rings is 1. The zero-order valence-corrected chi connectivity index (χ0v) is 12.0. The maximum absolute atomic E-state index is 10.1. The Morgan fingerprint density at radius 3 is 2.56 bits per heavy atom. The fourth-order valence-corrected chi connectivity index (χ4v) is 7.34. The molecule has 3 rings (SSSR count). The first kappa shape index (κ1) is 12.1. The van der Waals surface area contributed by atoms with Gasteiger partial charge in [-0.3, -0.25) is 0 Å². The molecule has 0 saturated heterocycles. The SMILES string of the molecule is C[Si](C)(c1ccccc1)[C@@H]1[C@H]2N=N[C@@H]1CC[C@@H]2O. The van der Waals surface area contributed by atoms with Crippen molar-refractivity contribution in [3.05, 3.63) is 30.3 Å². The second-order valence-corrected chi connectivity index (χ2v) is 10.7. The highest BCUT2D eigenvalue weighted by molar-refractivity contribution is 6.91. The highest BCUT2D eigenvalue weighted by Gasteiger charge is 2.51. The van der Waals surface area contributed by atoms with Crippen LogP contribution in [0.1, 0.15) is 12.8 Å². The second kappa shape index (κ2) is 4.28. The summed E-state index contributed by atoms with van der Waals surface area (Å²) in [5.74, 6) is 0. The fourth-order valence-electron chi connectivity index (χ4n) is 3.57. The van der Waals surface area contributed by atoms with E-state index in [1.54, 1.807) is 0 Å². The topological polar surface area (TPSA) is 45.0 Å². The zero-order valence-electron chi connectivity index (χ0n) is 11.0. The van der Waals surface area contributed by atoms with Crippen molar-refractivity contribution in [2.75, 3.05) is 0 Å². The second-order valence-electron chi connectivity index (χ2n) is 6.05. The van der Waals surface area contributed by atoms with Crippen LogP contribution in [0, 0.1) is 0 Å². The van der Waals surface area contributed by atoms with Crippen LogP contribution < -0.4 is 5.19 Å². The van der Waals surface area contributed by atoms with E-state index >= 15 is 0 Å². The minimum Gasteiger partial charge on any atom is -0.391 e. The summed E-state index contributed by atoms with van der Waals surface area (Å²) >= 11 is 0. The molecule has 4 heteroatoms. The molecular weight excluding hydrogens is 240 g/mol. The molecule has 1 heterocycles. The summed E-state index contributed by atoms with van der Waals surface area (Å²) in [6, 6.07) is 11.1. The van der Waals surface area contributed by atoms with Gasteiger partial charge in [-0.2, -0.15) is 10.2 Å². The van der Waals surface area contributed by atoms with Crippen LogP contribution in [0.2, 0.25) is 18.6 Å². The van der Waals surface area contributed by atoms with Crippen LogP contribution in [0.4, 0.5) is 0 Å². The van der Waals surface area contributed by atoms with Crippen LogP contribution >= 0.6 is 0 Å². The highest BCUT2D eigenvalue weighted by atomic mass is 28.3. The molecule has 1 aromatic rings. The summed E-state index contributed by atoms with van der Waals surface area (Å²) in [6.45, 7) is 4.78. The lowest BCUT2D eigenvalue weighted by molar-refractivity contribution is 0.114. The Kier molecular flexibility index (Phi) is 2.87. The molecule has 0 unspecified atom stereocenters. The summed E-state index contributed by atoms with van der Waals surface area (Å²) in [6.07, 6.45) is 1.57. The summed E-state index contributed by atoms with van der Waals surface area (Å²) < 4.78 is 0. The van der Waals surface area contributed by atoms with Crippen LogP contribution in [-0.2, 0) is 0 Å². The monoisotopic (exact) mass is 260 g/mol. The highest BCUT2D eigenvalue weighted by Crippen LogP contribution is 2.45. The normalized spacial score (nSPS) is 34.8. The summed E-state index contributed by atoms with van der Waals surface area (Å²) in [5, 5.41) is 20.4. The van der Waals surface area contributed by atoms with Crippen molar-refractivity contribution < 1.29 is 5.11 Å². The van der Waals surface area contributed by atoms with E-state index in [2.05, 4.69) is 53.7 Å². The Labute approximate surface area is 109 Å². The third kappa shape index (κ3) is 1.75. The average Bonchev–Trinajstić information content (AvgIpc) is 2.73. The van der Waals surface area contributed by atoms with Gasteiger partial charge in [-0.05, 0) is 12.8 Å². The van der Waals surface area contributed by atoms with Crippen molar-refractivity contribution >= 4 is 13.3 Å². The number of azo groups is 1. The van der Waals surface area contributed by atoms with Gasteiger partial charge in [-0.25, -0.2) is 0 Å². The predicted octanol–water partition coefficient (Wildman–Crippen LogP) is 2.33. The van der Waals surface area contributed by atoms with Gasteiger partial charge in [0.25, 0.3) is 0 Å². The van der Waals surface area contributed by atoms with E-state index < -0.39 is 8.07 Å². The van der Waals surface area contributed by atoms with Crippen LogP contribution in [0.25, 0.3) is 0 Å². The van der Waals surface area contributed by atoms with Gasteiger partial charge in [0.15, 0.2) is 0 Å². The summed E-state index contributed by atoms with van der Waals surface area (Å²) in [4.78, 5) is 0. The largest absolute Gasteiger partial charge is 0.391 e. The van der Waals surface area contributed by atoms with E-state index in [0.717, 1.165) is 12.8 Å². The molecule has 1 fully saturated rings. The molecule has 4 atom stereocenters. The lowest BCUT2D eigenvalue weighted by Gasteiger charge is -2.40. The molecule has 1 aliphatic carbocycles. The first-order valence-corrected chi connectivity index (χ1v) is 9.82. The van der Waals surface area contributed by atoms with E-state index in [1.165, 1.54) is 5.19 Å². The van der Waals surface area contributed by atoms with Crippen LogP contribution in [-0.4, -0.2) is 31.4 Å². The van der Waals surface area contributed by atoms with E-state index in [1.807, 2.05) is 0 Å². The first-order chi connectivity index (χ1) is 8.60. The van der Waals surface area contributed by atoms with Crippen molar-refractivity contribution in [1.29, 1.82) is 0 Å². The predicted molar refractivity (Wildman–Crippen MR) is 75.0 cm³/mol.